The zero-order chi connectivity index (χ0) is 13.7. The number of imidazole rings is 1. The van der Waals surface area contributed by atoms with E-state index in [0.29, 0.717) is 6.04 Å². The van der Waals surface area contributed by atoms with Gasteiger partial charge in [-0.25, -0.2) is 4.98 Å². The highest BCUT2D eigenvalue weighted by Gasteiger charge is 2.28. The summed E-state index contributed by atoms with van der Waals surface area (Å²) in [5.41, 5.74) is 2.95. The third-order valence-electron chi connectivity index (χ3n) is 3.55. The lowest BCUT2D eigenvalue weighted by molar-refractivity contribution is 0.473. The maximum Gasteiger partial charge on any atom is 0.143 e. The molecule has 1 aromatic carbocycles. The van der Waals surface area contributed by atoms with Crippen LogP contribution in [0.2, 0.25) is 0 Å². The first-order valence-electron chi connectivity index (χ1n) is 6.54. The molecule has 100 valence electrons. The number of rotatable bonds is 2. The third-order valence-corrected chi connectivity index (χ3v) is 4.04. The molecule has 3 aromatic rings. The maximum atomic E-state index is 9.63. The largest absolute Gasteiger partial charge is 0.506 e. The minimum absolute atomic E-state index is 0.165. The van der Waals surface area contributed by atoms with Crippen LogP contribution >= 0.6 is 15.9 Å². The van der Waals surface area contributed by atoms with Crippen LogP contribution in [0.25, 0.3) is 22.4 Å². The van der Waals surface area contributed by atoms with E-state index < -0.39 is 0 Å². The molecular formula is C15H12BrN3O. The molecule has 0 amide bonds. The van der Waals surface area contributed by atoms with Crippen molar-refractivity contribution in [1.29, 1.82) is 0 Å². The molecule has 0 atom stereocenters. The van der Waals surface area contributed by atoms with Crippen LogP contribution in [0.1, 0.15) is 18.9 Å². The van der Waals surface area contributed by atoms with Crippen LogP contribution in [0.3, 0.4) is 0 Å². The van der Waals surface area contributed by atoms with Gasteiger partial charge in [-0.15, -0.1) is 0 Å². The van der Waals surface area contributed by atoms with E-state index >= 15 is 0 Å². The van der Waals surface area contributed by atoms with Gasteiger partial charge in [0.05, 0.1) is 17.2 Å². The number of fused-ring (bicyclic) bond motifs is 1. The minimum atomic E-state index is 0.165. The van der Waals surface area contributed by atoms with Gasteiger partial charge in [0.2, 0.25) is 0 Å². The van der Waals surface area contributed by atoms with E-state index in [9.17, 15) is 5.11 Å². The Labute approximate surface area is 124 Å². The number of pyridine rings is 1. The summed E-state index contributed by atoms with van der Waals surface area (Å²) in [6.07, 6.45) is 5.54. The Hall–Kier alpha value is -1.88. The molecule has 0 bridgehead atoms. The Bertz CT molecular complexity index is 808. The van der Waals surface area contributed by atoms with Gasteiger partial charge in [-0.1, -0.05) is 15.9 Å². The molecule has 1 aliphatic carbocycles. The van der Waals surface area contributed by atoms with Crippen LogP contribution in [0.5, 0.6) is 5.75 Å². The van der Waals surface area contributed by atoms with Crippen LogP contribution in [0.4, 0.5) is 0 Å². The van der Waals surface area contributed by atoms with E-state index in [4.69, 9.17) is 4.98 Å². The second kappa shape index (κ2) is 4.31. The highest BCUT2D eigenvalue weighted by Crippen LogP contribution is 2.41. The number of halogens is 1. The highest BCUT2D eigenvalue weighted by molar-refractivity contribution is 9.10. The van der Waals surface area contributed by atoms with Crippen molar-refractivity contribution in [3.8, 4) is 17.1 Å². The maximum absolute atomic E-state index is 9.63. The molecule has 1 aliphatic rings. The SMILES string of the molecule is Oc1cncc(-c2nc3cc(Br)ccc3n2C2CC2)c1. The molecular weight excluding hydrogens is 318 g/mol. The molecule has 0 saturated heterocycles. The third kappa shape index (κ3) is 1.89. The van der Waals surface area contributed by atoms with E-state index in [-0.39, 0.29) is 5.75 Å². The quantitative estimate of drug-likeness (QED) is 0.775. The number of benzene rings is 1. The summed E-state index contributed by atoms with van der Waals surface area (Å²) in [6.45, 7) is 0. The predicted molar refractivity (Wildman–Crippen MR) is 80.6 cm³/mol. The average Bonchev–Trinajstić information content (AvgIpc) is 3.19. The molecule has 4 nitrogen and oxygen atoms in total. The second-order valence-corrected chi connectivity index (χ2v) is 6.02. The van der Waals surface area contributed by atoms with Gasteiger partial charge in [-0.3, -0.25) is 4.98 Å². The Morgan fingerprint density at radius 2 is 2.05 bits per heavy atom. The lowest BCUT2D eigenvalue weighted by Crippen LogP contribution is -1.97. The van der Waals surface area contributed by atoms with Gasteiger partial charge in [0.25, 0.3) is 0 Å². The second-order valence-electron chi connectivity index (χ2n) is 5.10. The summed E-state index contributed by atoms with van der Waals surface area (Å²) in [5, 5.41) is 9.63. The molecule has 4 rings (SSSR count). The summed E-state index contributed by atoms with van der Waals surface area (Å²) in [7, 11) is 0. The van der Waals surface area contributed by atoms with Crippen molar-refractivity contribution in [2.24, 2.45) is 0 Å². The van der Waals surface area contributed by atoms with Crippen molar-refractivity contribution in [2.45, 2.75) is 18.9 Å². The lowest BCUT2D eigenvalue weighted by Gasteiger charge is -2.07. The monoisotopic (exact) mass is 329 g/mol. The number of hydrogen-bond acceptors (Lipinski definition) is 3. The summed E-state index contributed by atoms with van der Waals surface area (Å²) < 4.78 is 3.28. The van der Waals surface area contributed by atoms with E-state index in [1.807, 2.05) is 12.1 Å². The van der Waals surface area contributed by atoms with E-state index in [1.165, 1.54) is 19.0 Å². The zero-order valence-electron chi connectivity index (χ0n) is 10.6. The van der Waals surface area contributed by atoms with Crippen molar-refractivity contribution in [3.63, 3.8) is 0 Å². The summed E-state index contributed by atoms with van der Waals surface area (Å²) >= 11 is 3.49. The van der Waals surface area contributed by atoms with Gasteiger partial charge in [0.1, 0.15) is 11.6 Å². The van der Waals surface area contributed by atoms with Gasteiger partial charge >= 0.3 is 0 Å². The molecule has 1 N–H and O–H groups in total. The Morgan fingerprint density at radius 3 is 2.80 bits per heavy atom. The topological polar surface area (TPSA) is 50.9 Å². The van der Waals surface area contributed by atoms with Crippen LogP contribution in [0.15, 0.2) is 41.1 Å². The number of aromatic nitrogens is 3. The zero-order valence-corrected chi connectivity index (χ0v) is 12.2. The molecule has 5 heteroatoms. The van der Waals surface area contributed by atoms with Crippen molar-refractivity contribution in [3.05, 3.63) is 41.1 Å². The summed E-state index contributed by atoms with van der Waals surface area (Å²) in [5.74, 6) is 1.04. The predicted octanol–water partition coefficient (Wildman–Crippen LogP) is 3.90. The number of aromatic hydroxyl groups is 1. The summed E-state index contributed by atoms with van der Waals surface area (Å²) in [6, 6.07) is 8.37. The van der Waals surface area contributed by atoms with E-state index in [1.54, 1.807) is 12.3 Å². The van der Waals surface area contributed by atoms with Gasteiger partial charge in [-0.05, 0) is 37.1 Å². The molecule has 1 saturated carbocycles. The molecule has 2 aromatic heterocycles. The van der Waals surface area contributed by atoms with Gasteiger partial charge in [0, 0.05) is 22.3 Å². The minimum Gasteiger partial charge on any atom is -0.506 e. The summed E-state index contributed by atoms with van der Waals surface area (Å²) in [4.78, 5) is 8.78. The van der Waals surface area contributed by atoms with Crippen LogP contribution < -0.4 is 0 Å². The van der Waals surface area contributed by atoms with Crippen molar-refractivity contribution in [1.82, 2.24) is 14.5 Å². The Morgan fingerprint density at radius 1 is 1.20 bits per heavy atom. The molecule has 20 heavy (non-hydrogen) atoms. The highest BCUT2D eigenvalue weighted by atomic mass is 79.9. The lowest BCUT2D eigenvalue weighted by atomic mass is 10.2. The average molecular weight is 330 g/mol. The van der Waals surface area contributed by atoms with Crippen LogP contribution in [-0.4, -0.2) is 19.6 Å². The van der Waals surface area contributed by atoms with Crippen LogP contribution in [-0.2, 0) is 0 Å². The van der Waals surface area contributed by atoms with E-state index in [2.05, 4.69) is 31.5 Å². The first kappa shape index (κ1) is 11.9. The molecule has 2 heterocycles. The fraction of sp³-hybridized carbons (Fsp3) is 0.200. The molecule has 0 aliphatic heterocycles. The first-order chi connectivity index (χ1) is 9.72. The first-order valence-corrected chi connectivity index (χ1v) is 7.33. The van der Waals surface area contributed by atoms with Crippen molar-refractivity contribution < 1.29 is 5.11 Å². The molecule has 0 unspecified atom stereocenters. The van der Waals surface area contributed by atoms with Crippen molar-refractivity contribution >= 4 is 27.0 Å². The fourth-order valence-corrected chi connectivity index (χ4v) is 2.88. The van der Waals surface area contributed by atoms with E-state index in [0.717, 1.165) is 26.9 Å². The standard InChI is InChI=1S/C15H12BrN3O/c16-10-1-4-14-13(6-10)18-15(19(14)11-2-3-11)9-5-12(20)8-17-7-9/h1,4-8,11,20H,2-3H2. The molecule has 0 radical (unpaired) electrons. The number of hydrogen-bond donors (Lipinski definition) is 1. The van der Waals surface area contributed by atoms with Crippen molar-refractivity contribution in [2.75, 3.05) is 0 Å². The van der Waals surface area contributed by atoms with Crippen LogP contribution in [0, 0.1) is 0 Å². The Kier molecular flexibility index (Phi) is 2.57. The number of nitrogens with zero attached hydrogens (tertiary/aromatic N) is 3. The van der Waals surface area contributed by atoms with Gasteiger partial charge < -0.3 is 9.67 Å². The Balaban J connectivity index is 2.00. The fourth-order valence-electron chi connectivity index (χ4n) is 2.53. The molecule has 0 spiro atoms. The smallest absolute Gasteiger partial charge is 0.143 e. The normalized spacial score (nSPS) is 14.8. The van der Waals surface area contributed by atoms with Gasteiger partial charge in [0.15, 0.2) is 0 Å². The van der Waals surface area contributed by atoms with Gasteiger partial charge in [-0.2, -0.15) is 0 Å². The molecule has 1 fully saturated rings.